The van der Waals surface area contributed by atoms with Crippen LogP contribution in [0.25, 0.3) is 0 Å². The average Bonchev–Trinajstić information content (AvgIpc) is 2.37. The Morgan fingerprint density at radius 2 is 2.11 bits per heavy atom. The van der Waals surface area contributed by atoms with Gasteiger partial charge in [-0.05, 0) is 24.0 Å². The molecule has 0 N–H and O–H groups in total. The molecule has 0 spiro atoms. The summed E-state index contributed by atoms with van der Waals surface area (Å²) in [6.45, 7) is 7.15. The van der Waals surface area contributed by atoms with Crippen LogP contribution in [0.4, 0.5) is 0 Å². The van der Waals surface area contributed by atoms with Gasteiger partial charge in [0.15, 0.2) is 0 Å². The molecule has 0 saturated carbocycles. The molecule has 1 heterocycles. The van der Waals surface area contributed by atoms with E-state index in [0.29, 0.717) is 19.1 Å². The fourth-order valence-corrected chi connectivity index (χ4v) is 2.18. The largest absolute Gasteiger partial charge is 0.379 e. The van der Waals surface area contributed by atoms with Crippen molar-refractivity contribution in [2.24, 2.45) is 5.92 Å². The predicted molar refractivity (Wildman–Crippen MR) is 71.7 cm³/mol. The van der Waals surface area contributed by atoms with E-state index in [1.165, 1.54) is 5.56 Å². The van der Waals surface area contributed by atoms with Crippen LogP contribution in [0.3, 0.4) is 0 Å². The van der Waals surface area contributed by atoms with Gasteiger partial charge in [-0.3, -0.25) is 4.79 Å². The molecule has 0 radical (unpaired) electrons. The van der Waals surface area contributed by atoms with E-state index in [1.807, 2.05) is 29.2 Å². The topological polar surface area (TPSA) is 29.5 Å². The molecule has 0 atom stereocenters. The molecule has 1 aliphatic heterocycles. The van der Waals surface area contributed by atoms with Crippen LogP contribution >= 0.6 is 0 Å². The number of ether oxygens (including phenoxy) is 1. The highest BCUT2D eigenvalue weighted by Crippen LogP contribution is 2.18. The summed E-state index contributed by atoms with van der Waals surface area (Å²) >= 11 is 0. The Hall–Kier alpha value is -1.35. The molecule has 0 saturated heterocycles. The van der Waals surface area contributed by atoms with Gasteiger partial charge in [0.1, 0.15) is 0 Å². The molecule has 0 unspecified atom stereocenters. The number of carbonyl (C=O) groups excluding carboxylic acids is 1. The molecule has 0 bridgehead atoms. The van der Waals surface area contributed by atoms with Crippen molar-refractivity contribution in [3.8, 4) is 0 Å². The van der Waals surface area contributed by atoms with Gasteiger partial charge in [0.05, 0.1) is 6.61 Å². The minimum absolute atomic E-state index is 0.144. The third-order valence-electron chi connectivity index (χ3n) is 3.14. The SMILES string of the molecule is CC(C)COCCN1CCc2ccccc2C1=O. The van der Waals surface area contributed by atoms with Crippen molar-refractivity contribution in [1.29, 1.82) is 0 Å². The maximum atomic E-state index is 12.2. The fourth-order valence-electron chi connectivity index (χ4n) is 2.18. The molecule has 1 aromatic carbocycles. The Bertz CT molecular complexity index is 415. The first kappa shape index (κ1) is 13.1. The Kier molecular flexibility index (Phi) is 4.37. The normalized spacial score (nSPS) is 15.1. The highest BCUT2D eigenvalue weighted by atomic mass is 16.5. The van der Waals surface area contributed by atoms with Gasteiger partial charge < -0.3 is 9.64 Å². The maximum Gasteiger partial charge on any atom is 0.254 e. The number of hydrogen-bond donors (Lipinski definition) is 0. The molecule has 3 heteroatoms. The van der Waals surface area contributed by atoms with Crippen LogP contribution in [0.5, 0.6) is 0 Å². The van der Waals surface area contributed by atoms with Crippen molar-refractivity contribution in [3.63, 3.8) is 0 Å². The lowest BCUT2D eigenvalue weighted by molar-refractivity contribution is 0.0585. The minimum atomic E-state index is 0.144. The summed E-state index contributed by atoms with van der Waals surface area (Å²) in [5.74, 6) is 0.688. The maximum absolute atomic E-state index is 12.2. The number of nitrogens with zero attached hydrogens (tertiary/aromatic N) is 1. The van der Waals surface area contributed by atoms with Crippen molar-refractivity contribution in [2.75, 3.05) is 26.3 Å². The fraction of sp³-hybridized carbons (Fsp3) is 0.533. The van der Waals surface area contributed by atoms with E-state index in [4.69, 9.17) is 4.74 Å². The van der Waals surface area contributed by atoms with E-state index >= 15 is 0 Å². The lowest BCUT2D eigenvalue weighted by Crippen LogP contribution is -2.39. The molecule has 1 amide bonds. The lowest BCUT2D eigenvalue weighted by Gasteiger charge is -2.28. The van der Waals surface area contributed by atoms with E-state index in [9.17, 15) is 4.79 Å². The highest BCUT2D eigenvalue weighted by Gasteiger charge is 2.23. The van der Waals surface area contributed by atoms with Gasteiger partial charge in [0.25, 0.3) is 5.91 Å². The van der Waals surface area contributed by atoms with Crippen LogP contribution in [0.15, 0.2) is 24.3 Å². The van der Waals surface area contributed by atoms with Gasteiger partial charge in [-0.25, -0.2) is 0 Å². The van der Waals surface area contributed by atoms with Gasteiger partial charge in [0.2, 0.25) is 0 Å². The first-order valence-corrected chi connectivity index (χ1v) is 6.63. The first-order chi connectivity index (χ1) is 8.68. The molecular formula is C15H21NO2. The average molecular weight is 247 g/mol. The first-order valence-electron chi connectivity index (χ1n) is 6.63. The Morgan fingerprint density at radius 1 is 1.33 bits per heavy atom. The van der Waals surface area contributed by atoms with Gasteiger partial charge in [-0.2, -0.15) is 0 Å². The van der Waals surface area contributed by atoms with E-state index in [-0.39, 0.29) is 5.91 Å². The number of fused-ring (bicyclic) bond motifs is 1. The molecule has 0 aromatic heterocycles. The zero-order valence-electron chi connectivity index (χ0n) is 11.2. The lowest BCUT2D eigenvalue weighted by atomic mass is 9.99. The van der Waals surface area contributed by atoms with Crippen molar-refractivity contribution in [1.82, 2.24) is 4.90 Å². The van der Waals surface area contributed by atoms with Crippen LogP contribution in [-0.2, 0) is 11.2 Å². The summed E-state index contributed by atoms with van der Waals surface area (Å²) in [5, 5.41) is 0. The second-order valence-corrected chi connectivity index (χ2v) is 5.17. The second-order valence-electron chi connectivity index (χ2n) is 5.17. The summed E-state index contributed by atoms with van der Waals surface area (Å²) in [5.41, 5.74) is 2.02. The van der Waals surface area contributed by atoms with Crippen LogP contribution < -0.4 is 0 Å². The van der Waals surface area contributed by atoms with E-state index in [2.05, 4.69) is 13.8 Å². The van der Waals surface area contributed by atoms with E-state index < -0.39 is 0 Å². The minimum Gasteiger partial charge on any atom is -0.379 e. The highest BCUT2D eigenvalue weighted by molar-refractivity contribution is 5.96. The zero-order valence-corrected chi connectivity index (χ0v) is 11.2. The standard InChI is InChI=1S/C15H21NO2/c1-12(2)11-18-10-9-16-8-7-13-5-3-4-6-14(13)15(16)17/h3-6,12H,7-11H2,1-2H3. The van der Waals surface area contributed by atoms with Gasteiger partial charge >= 0.3 is 0 Å². The monoisotopic (exact) mass is 247 g/mol. The molecule has 18 heavy (non-hydrogen) atoms. The third kappa shape index (κ3) is 3.10. The number of hydrogen-bond acceptors (Lipinski definition) is 2. The molecule has 3 nitrogen and oxygen atoms in total. The van der Waals surface area contributed by atoms with Crippen molar-refractivity contribution < 1.29 is 9.53 Å². The second kappa shape index (κ2) is 6.01. The molecule has 0 fully saturated rings. The van der Waals surface area contributed by atoms with Crippen LogP contribution in [0.1, 0.15) is 29.8 Å². The summed E-state index contributed by atoms with van der Waals surface area (Å²) < 4.78 is 5.54. The number of benzene rings is 1. The molecule has 0 aliphatic carbocycles. The number of carbonyl (C=O) groups is 1. The van der Waals surface area contributed by atoms with Crippen molar-refractivity contribution in [3.05, 3.63) is 35.4 Å². The summed E-state index contributed by atoms with van der Waals surface area (Å²) in [6, 6.07) is 7.88. The van der Waals surface area contributed by atoms with E-state index in [1.54, 1.807) is 0 Å². The van der Waals surface area contributed by atoms with Crippen LogP contribution in [0.2, 0.25) is 0 Å². The Labute approximate surface area is 109 Å². The molecular weight excluding hydrogens is 226 g/mol. The smallest absolute Gasteiger partial charge is 0.254 e. The molecule has 1 aliphatic rings. The van der Waals surface area contributed by atoms with Crippen molar-refractivity contribution >= 4 is 5.91 Å². The predicted octanol–water partition coefficient (Wildman–Crippen LogP) is 2.36. The summed E-state index contributed by atoms with van der Waals surface area (Å²) in [7, 11) is 0. The number of amides is 1. The van der Waals surface area contributed by atoms with Crippen molar-refractivity contribution in [2.45, 2.75) is 20.3 Å². The van der Waals surface area contributed by atoms with Gasteiger partial charge in [-0.15, -0.1) is 0 Å². The van der Waals surface area contributed by atoms with Crippen LogP contribution in [0, 0.1) is 5.92 Å². The zero-order chi connectivity index (χ0) is 13.0. The summed E-state index contributed by atoms with van der Waals surface area (Å²) in [6.07, 6.45) is 0.950. The molecule has 98 valence electrons. The summed E-state index contributed by atoms with van der Waals surface area (Å²) in [4.78, 5) is 14.1. The van der Waals surface area contributed by atoms with Crippen LogP contribution in [-0.4, -0.2) is 37.1 Å². The Balaban J connectivity index is 1.88. The number of rotatable bonds is 5. The third-order valence-corrected chi connectivity index (χ3v) is 3.14. The van der Waals surface area contributed by atoms with Gasteiger partial charge in [-0.1, -0.05) is 32.0 Å². The molecule has 1 aromatic rings. The quantitative estimate of drug-likeness (QED) is 0.748. The molecule has 2 rings (SSSR count). The van der Waals surface area contributed by atoms with Gasteiger partial charge in [0, 0.05) is 25.3 Å². The Morgan fingerprint density at radius 3 is 2.89 bits per heavy atom. The van der Waals surface area contributed by atoms with E-state index in [0.717, 1.165) is 25.1 Å².